The highest BCUT2D eigenvalue weighted by Gasteiger charge is 2.25. The average molecular weight is 316 g/mol. The van der Waals surface area contributed by atoms with E-state index in [9.17, 15) is 13.2 Å². The van der Waals surface area contributed by atoms with Gasteiger partial charge in [0.2, 0.25) is 0 Å². The Hall–Kier alpha value is -1.73. The number of rotatable bonds is 3. The lowest BCUT2D eigenvalue weighted by Gasteiger charge is -2.17. The lowest BCUT2D eigenvalue weighted by Crippen LogP contribution is -2.46. The summed E-state index contributed by atoms with van der Waals surface area (Å²) in [5.41, 5.74) is 3.72. The Kier molecular flexibility index (Phi) is 4.20. The molecule has 1 aromatic rings. The quantitative estimate of drug-likeness (QED) is 0.892. The van der Waals surface area contributed by atoms with Crippen molar-refractivity contribution < 1.29 is 13.2 Å². The van der Waals surface area contributed by atoms with Gasteiger partial charge in [-0.3, -0.25) is 0 Å². The van der Waals surface area contributed by atoms with E-state index in [2.05, 4.69) is 5.43 Å². The van der Waals surface area contributed by atoms with Gasteiger partial charge in [0, 0.05) is 6.20 Å². The molecule has 2 rings (SSSR count). The molecule has 0 saturated heterocycles. The van der Waals surface area contributed by atoms with Gasteiger partial charge in [-0.2, -0.15) is 0 Å². The van der Waals surface area contributed by atoms with Crippen LogP contribution in [0.15, 0.2) is 40.9 Å². The summed E-state index contributed by atoms with van der Waals surface area (Å²) in [7, 11) is -3.99. The predicted molar refractivity (Wildman–Crippen MR) is 75.4 cm³/mol. The van der Waals surface area contributed by atoms with Crippen LogP contribution in [0.2, 0.25) is 5.02 Å². The van der Waals surface area contributed by atoms with Gasteiger partial charge in [0.1, 0.15) is 4.90 Å². The highest BCUT2D eigenvalue weighted by atomic mass is 35.5. The van der Waals surface area contributed by atoms with Gasteiger partial charge in [-0.25, -0.2) is 22.9 Å². The van der Waals surface area contributed by atoms with Crippen molar-refractivity contribution in [1.29, 1.82) is 0 Å². The first-order valence-corrected chi connectivity index (χ1v) is 7.83. The largest absolute Gasteiger partial charge is 0.350 e. The molecule has 2 amide bonds. The molecule has 108 valence electrons. The number of hydrogen-bond acceptors (Lipinski definition) is 4. The Morgan fingerprint density at radius 3 is 2.75 bits per heavy atom. The molecule has 0 spiro atoms. The van der Waals surface area contributed by atoms with Crippen molar-refractivity contribution in [2.75, 3.05) is 6.54 Å². The number of carbonyl (C=O) groups excluding carboxylic acids is 1. The van der Waals surface area contributed by atoms with Gasteiger partial charge in [0.25, 0.3) is 10.0 Å². The molecular formula is C12H14ClN3O3S. The zero-order chi connectivity index (χ0) is 14.8. The van der Waals surface area contributed by atoms with Gasteiger partial charge in [-0.1, -0.05) is 30.7 Å². The second kappa shape index (κ2) is 5.72. The van der Waals surface area contributed by atoms with Crippen molar-refractivity contribution >= 4 is 27.7 Å². The maximum Gasteiger partial charge on any atom is 0.350 e. The summed E-state index contributed by atoms with van der Waals surface area (Å²) < 4.78 is 26.1. The van der Waals surface area contributed by atoms with E-state index >= 15 is 0 Å². The Morgan fingerprint density at radius 2 is 2.15 bits per heavy atom. The average Bonchev–Trinajstić information content (AvgIpc) is 2.87. The summed E-state index contributed by atoms with van der Waals surface area (Å²) in [5.74, 6) is 0. The molecule has 0 atom stereocenters. The van der Waals surface area contributed by atoms with E-state index in [0.29, 0.717) is 6.54 Å². The maximum atomic E-state index is 12.1. The van der Waals surface area contributed by atoms with Gasteiger partial charge >= 0.3 is 6.03 Å². The van der Waals surface area contributed by atoms with Crippen molar-refractivity contribution in [2.45, 2.75) is 18.2 Å². The lowest BCUT2D eigenvalue weighted by atomic mass is 10.2. The van der Waals surface area contributed by atoms with Crippen LogP contribution >= 0.6 is 11.6 Å². The summed E-state index contributed by atoms with van der Waals surface area (Å²) in [6.07, 6.45) is 2.47. The number of amides is 2. The minimum Gasteiger partial charge on any atom is -0.302 e. The number of nitrogens with zero attached hydrogens (tertiary/aromatic N) is 1. The number of hydrazine groups is 1. The Labute approximate surface area is 122 Å². The third-order valence-electron chi connectivity index (χ3n) is 2.83. The van der Waals surface area contributed by atoms with Crippen LogP contribution in [0.1, 0.15) is 13.3 Å². The summed E-state index contributed by atoms with van der Waals surface area (Å²) in [4.78, 5) is 11.8. The van der Waals surface area contributed by atoms with E-state index in [1.165, 1.54) is 23.2 Å². The number of halogens is 1. The van der Waals surface area contributed by atoms with Gasteiger partial charge in [0.05, 0.1) is 11.6 Å². The lowest BCUT2D eigenvalue weighted by molar-refractivity contribution is 0.199. The fourth-order valence-electron chi connectivity index (χ4n) is 1.70. The number of benzene rings is 1. The van der Waals surface area contributed by atoms with Crippen LogP contribution in [0.4, 0.5) is 4.79 Å². The minimum absolute atomic E-state index is 0.0644. The third kappa shape index (κ3) is 3.05. The fraction of sp³-hybridized carbons (Fsp3) is 0.250. The van der Waals surface area contributed by atoms with E-state index in [1.54, 1.807) is 12.3 Å². The maximum absolute atomic E-state index is 12.1. The molecular weight excluding hydrogens is 302 g/mol. The molecule has 1 heterocycles. The van der Waals surface area contributed by atoms with Gasteiger partial charge in [-0.15, -0.1) is 0 Å². The molecule has 0 bridgehead atoms. The smallest absolute Gasteiger partial charge is 0.302 e. The predicted octanol–water partition coefficient (Wildman–Crippen LogP) is 1.85. The Balaban J connectivity index is 2.10. The van der Waals surface area contributed by atoms with Gasteiger partial charge in [0.15, 0.2) is 0 Å². The van der Waals surface area contributed by atoms with Crippen molar-refractivity contribution in [3.63, 3.8) is 0 Å². The number of sulfonamides is 1. The molecule has 0 aliphatic carbocycles. The Bertz CT molecular complexity index is 658. The third-order valence-corrected chi connectivity index (χ3v) is 4.65. The molecule has 1 aliphatic heterocycles. The van der Waals surface area contributed by atoms with Crippen LogP contribution in [0, 0.1) is 0 Å². The monoisotopic (exact) mass is 315 g/mol. The van der Waals surface area contributed by atoms with Crippen LogP contribution < -0.4 is 10.1 Å². The summed E-state index contributed by atoms with van der Waals surface area (Å²) >= 11 is 5.83. The first kappa shape index (κ1) is 14.7. The number of carbonyl (C=O) groups is 1. The van der Waals surface area contributed by atoms with E-state index in [-0.39, 0.29) is 9.92 Å². The normalized spacial score (nSPS) is 14.7. The van der Waals surface area contributed by atoms with Gasteiger partial charge < -0.3 is 5.43 Å². The second-order valence-corrected chi connectivity index (χ2v) is 6.27. The molecule has 0 aromatic heterocycles. The molecule has 20 heavy (non-hydrogen) atoms. The zero-order valence-electron chi connectivity index (χ0n) is 10.8. The summed E-state index contributed by atoms with van der Waals surface area (Å²) in [5, 5.41) is 1.25. The molecule has 1 aliphatic rings. The zero-order valence-corrected chi connectivity index (χ0v) is 12.3. The highest BCUT2D eigenvalue weighted by molar-refractivity contribution is 7.90. The standard InChI is InChI=1S/C12H14ClN3O3S/c1-2-9-7-14-16(8-9)12(17)15-20(18,19)11-6-4-3-5-10(11)13/h3-7,14H,2,8H2,1H3,(H,15,17). The van der Waals surface area contributed by atoms with Crippen LogP contribution in [-0.2, 0) is 10.0 Å². The van der Waals surface area contributed by atoms with E-state index in [1.807, 2.05) is 11.6 Å². The SMILES string of the molecule is CCC1=CNN(C(=O)NS(=O)(=O)c2ccccc2Cl)C1. The van der Waals surface area contributed by atoms with Gasteiger partial charge in [-0.05, 0) is 24.1 Å². The molecule has 2 N–H and O–H groups in total. The first-order chi connectivity index (χ1) is 9.44. The van der Waals surface area contributed by atoms with E-state index in [4.69, 9.17) is 11.6 Å². The molecule has 1 aromatic carbocycles. The van der Waals surface area contributed by atoms with Crippen molar-refractivity contribution in [3.05, 3.63) is 41.1 Å². The molecule has 0 unspecified atom stereocenters. The molecule has 8 heteroatoms. The highest BCUT2D eigenvalue weighted by Crippen LogP contribution is 2.20. The van der Waals surface area contributed by atoms with E-state index in [0.717, 1.165) is 12.0 Å². The number of nitrogens with one attached hydrogen (secondary N) is 2. The topological polar surface area (TPSA) is 78.5 Å². The van der Waals surface area contributed by atoms with Crippen LogP contribution in [0.5, 0.6) is 0 Å². The molecule has 6 nitrogen and oxygen atoms in total. The summed E-state index contributed by atoms with van der Waals surface area (Å²) in [6.45, 7) is 2.30. The minimum atomic E-state index is -3.99. The van der Waals surface area contributed by atoms with Crippen LogP contribution in [-0.4, -0.2) is 26.0 Å². The van der Waals surface area contributed by atoms with Crippen molar-refractivity contribution in [3.8, 4) is 0 Å². The summed E-state index contributed by atoms with van der Waals surface area (Å²) in [6, 6.07) is 5.19. The molecule has 0 saturated carbocycles. The van der Waals surface area contributed by atoms with Crippen molar-refractivity contribution in [1.82, 2.24) is 15.2 Å². The molecule has 0 fully saturated rings. The first-order valence-electron chi connectivity index (χ1n) is 5.97. The Morgan fingerprint density at radius 1 is 1.45 bits per heavy atom. The van der Waals surface area contributed by atoms with Crippen molar-refractivity contribution in [2.24, 2.45) is 0 Å². The molecule has 0 radical (unpaired) electrons. The number of hydrogen-bond donors (Lipinski definition) is 2. The van der Waals surface area contributed by atoms with Crippen LogP contribution in [0.25, 0.3) is 0 Å². The number of urea groups is 1. The van der Waals surface area contributed by atoms with Crippen LogP contribution in [0.3, 0.4) is 0 Å². The fourth-order valence-corrected chi connectivity index (χ4v) is 3.17. The van der Waals surface area contributed by atoms with E-state index < -0.39 is 16.1 Å². The second-order valence-electron chi connectivity index (χ2n) is 4.21.